The highest BCUT2D eigenvalue weighted by Crippen LogP contribution is 2.20. The second-order valence-corrected chi connectivity index (χ2v) is 7.53. The molecule has 1 unspecified atom stereocenters. The summed E-state index contributed by atoms with van der Waals surface area (Å²) in [6, 6.07) is 0.570. The maximum atomic E-state index is 11.4. The Bertz CT molecular complexity index is 402. The molecule has 2 aliphatic rings. The van der Waals surface area contributed by atoms with Crippen molar-refractivity contribution in [1.82, 2.24) is 10.6 Å². The largest absolute Gasteiger partial charge is 0.356 e. The minimum atomic E-state index is -2.78. The van der Waals surface area contributed by atoms with E-state index in [1.165, 1.54) is 12.8 Å². The molecule has 104 valence electrons. The molecule has 2 rings (SSSR count). The molecule has 0 aromatic rings. The van der Waals surface area contributed by atoms with Crippen LogP contribution in [0.4, 0.5) is 0 Å². The van der Waals surface area contributed by atoms with Crippen molar-refractivity contribution in [3.05, 3.63) is 0 Å². The molecule has 0 radical (unpaired) electrons. The van der Waals surface area contributed by atoms with Gasteiger partial charge in [0.2, 0.25) is 0 Å². The van der Waals surface area contributed by atoms with Crippen LogP contribution in [0.2, 0.25) is 0 Å². The van der Waals surface area contributed by atoms with Crippen molar-refractivity contribution in [3.63, 3.8) is 0 Å². The average molecular weight is 273 g/mol. The summed E-state index contributed by atoms with van der Waals surface area (Å²) in [6.07, 6.45) is 4.24. The van der Waals surface area contributed by atoms with E-state index >= 15 is 0 Å². The SMILES string of the molecule is CCCNC(=NCC1CCS(=O)(=O)C1)NC1CC1. The predicted molar refractivity (Wildman–Crippen MR) is 73.5 cm³/mol. The quantitative estimate of drug-likeness (QED) is 0.566. The van der Waals surface area contributed by atoms with E-state index in [4.69, 9.17) is 0 Å². The predicted octanol–water partition coefficient (Wildman–Crippen LogP) is 0.529. The van der Waals surface area contributed by atoms with Crippen molar-refractivity contribution in [2.45, 2.75) is 38.6 Å². The van der Waals surface area contributed by atoms with Gasteiger partial charge in [-0.3, -0.25) is 4.99 Å². The molecule has 1 atom stereocenters. The molecule has 1 saturated carbocycles. The third-order valence-electron chi connectivity index (χ3n) is 3.29. The molecule has 1 aliphatic heterocycles. The molecule has 2 N–H and O–H groups in total. The van der Waals surface area contributed by atoms with Crippen LogP contribution in [0.1, 0.15) is 32.6 Å². The first-order chi connectivity index (χ1) is 8.59. The molecule has 0 amide bonds. The van der Waals surface area contributed by atoms with Crippen molar-refractivity contribution in [2.24, 2.45) is 10.9 Å². The lowest BCUT2D eigenvalue weighted by molar-refractivity contribution is 0.589. The maximum absolute atomic E-state index is 11.4. The summed E-state index contributed by atoms with van der Waals surface area (Å²) >= 11 is 0. The minimum absolute atomic E-state index is 0.203. The van der Waals surface area contributed by atoms with Crippen LogP contribution in [0.5, 0.6) is 0 Å². The number of aliphatic imine (C=N–C) groups is 1. The van der Waals surface area contributed by atoms with E-state index in [0.717, 1.165) is 25.3 Å². The fourth-order valence-corrected chi connectivity index (χ4v) is 3.90. The van der Waals surface area contributed by atoms with Gasteiger partial charge in [-0.2, -0.15) is 0 Å². The average Bonchev–Trinajstić information content (AvgIpc) is 3.06. The van der Waals surface area contributed by atoms with Crippen molar-refractivity contribution >= 4 is 15.8 Å². The Kier molecular flexibility index (Phi) is 4.48. The van der Waals surface area contributed by atoms with Gasteiger partial charge in [-0.05, 0) is 31.6 Å². The molecule has 0 aromatic carbocycles. The third kappa shape index (κ3) is 4.48. The highest BCUT2D eigenvalue weighted by atomic mass is 32.2. The molecule has 0 aromatic heterocycles. The van der Waals surface area contributed by atoms with Crippen LogP contribution < -0.4 is 10.6 Å². The van der Waals surface area contributed by atoms with Crippen LogP contribution >= 0.6 is 0 Å². The first kappa shape index (κ1) is 13.6. The summed E-state index contributed by atoms with van der Waals surface area (Å²) < 4.78 is 22.7. The molecular weight excluding hydrogens is 250 g/mol. The van der Waals surface area contributed by atoms with E-state index in [2.05, 4.69) is 22.5 Å². The second-order valence-electron chi connectivity index (χ2n) is 5.30. The van der Waals surface area contributed by atoms with Gasteiger partial charge in [0.1, 0.15) is 0 Å². The Labute approximate surface area is 109 Å². The van der Waals surface area contributed by atoms with Gasteiger partial charge in [0.25, 0.3) is 0 Å². The van der Waals surface area contributed by atoms with Crippen LogP contribution in [0.3, 0.4) is 0 Å². The van der Waals surface area contributed by atoms with Crippen LogP contribution in [0.15, 0.2) is 4.99 Å². The first-order valence-electron chi connectivity index (χ1n) is 6.84. The van der Waals surface area contributed by atoms with E-state index in [0.29, 0.717) is 24.1 Å². The Morgan fingerprint density at radius 2 is 2.11 bits per heavy atom. The van der Waals surface area contributed by atoms with E-state index in [-0.39, 0.29) is 5.92 Å². The van der Waals surface area contributed by atoms with Gasteiger partial charge in [0.05, 0.1) is 11.5 Å². The van der Waals surface area contributed by atoms with Crippen LogP contribution in [0.25, 0.3) is 0 Å². The Morgan fingerprint density at radius 1 is 1.33 bits per heavy atom. The molecule has 6 heteroatoms. The molecule has 5 nitrogen and oxygen atoms in total. The fourth-order valence-electron chi connectivity index (χ4n) is 2.05. The summed E-state index contributed by atoms with van der Waals surface area (Å²) in [5, 5.41) is 6.63. The van der Waals surface area contributed by atoms with Crippen molar-refractivity contribution in [2.75, 3.05) is 24.6 Å². The van der Waals surface area contributed by atoms with Gasteiger partial charge in [0.15, 0.2) is 15.8 Å². The molecule has 0 bridgehead atoms. The van der Waals surface area contributed by atoms with Gasteiger partial charge in [-0.15, -0.1) is 0 Å². The second kappa shape index (κ2) is 5.91. The fraction of sp³-hybridized carbons (Fsp3) is 0.917. The van der Waals surface area contributed by atoms with Crippen LogP contribution in [-0.4, -0.2) is 45.0 Å². The highest BCUT2D eigenvalue weighted by molar-refractivity contribution is 7.91. The zero-order valence-corrected chi connectivity index (χ0v) is 11.8. The lowest BCUT2D eigenvalue weighted by Gasteiger charge is -2.12. The zero-order valence-electron chi connectivity index (χ0n) is 11.0. The summed E-state index contributed by atoms with van der Waals surface area (Å²) in [4.78, 5) is 4.52. The lowest BCUT2D eigenvalue weighted by atomic mass is 10.1. The topological polar surface area (TPSA) is 70.6 Å². The summed E-state index contributed by atoms with van der Waals surface area (Å²) in [5.74, 6) is 1.69. The zero-order chi connectivity index (χ0) is 13.0. The van der Waals surface area contributed by atoms with Crippen LogP contribution in [0, 0.1) is 5.92 Å². The standard InChI is InChI=1S/C12H23N3O2S/c1-2-6-13-12(15-11-3-4-11)14-8-10-5-7-18(16,17)9-10/h10-11H,2-9H2,1H3,(H2,13,14,15). The molecule has 1 heterocycles. The maximum Gasteiger partial charge on any atom is 0.191 e. The molecule has 1 aliphatic carbocycles. The van der Waals surface area contributed by atoms with E-state index < -0.39 is 9.84 Å². The Balaban J connectivity index is 1.82. The summed E-state index contributed by atoms with van der Waals surface area (Å²) in [5.41, 5.74) is 0. The number of hydrogen-bond donors (Lipinski definition) is 2. The lowest BCUT2D eigenvalue weighted by Crippen LogP contribution is -2.39. The smallest absolute Gasteiger partial charge is 0.191 e. The number of hydrogen-bond acceptors (Lipinski definition) is 3. The Hall–Kier alpha value is -0.780. The van der Waals surface area contributed by atoms with Crippen molar-refractivity contribution in [3.8, 4) is 0 Å². The summed E-state index contributed by atoms with van der Waals surface area (Å²) in [6.45, 7) is 3.64. The number of nitrogens with one attached hydrogen (secondary N) is 2. The van der Waals surface area contributed by atoms with Gasteiger partial charge >= 0.3 is 0 Å². The van der Waals surface area contributed by atoms with Gasteiger partial charge in [-0.25, -0.2) is 8.42 Å². The Morgan fingerprint density at radius 3 is 2.67 bits per heavy atom. The number of nitrogens with zero attached hydrogens (tertiary/aromatic N) is 1. The van der Waals surface area contributed by atoms with Gasteiger partial charge in [-0.1, -0.05) is 6.92 Å². The molecule has 0 spiro atoms. The van der Waals surface area contributed by atoms with Crippen molar-refractivity contribution < 1.29 is 8.42 Å². The molecule has 18 heavy (non-hydrogen) atoms. The molecule has 1 saturated heterocycles. The monoisotopic (exact) mass is 273 g/mol. The van der Waals surface area contributed by atoms with Gasteiger partial charge < -0.3 is 10.6 Å². The van der Waals surface area contributed by atoms with Crippen LogP contribution in [-0.2, 0) is 9.84 Å². The van der Waals surface area contributed by atoms with Gasteiger partial charge in [0, 0.05) is 19.1 Å². The van der Waals surface area contributed by atoms with E-state index in [1.807, 2.05) is 0 Å². The molecule has 2 fully saturated rings. The molecular formula is C12H23N3O2S. The number of sulfone groups is 1. The number of rotatable bonds is 5. The third-order valence-corrected chi connectivity index (χ3v) is 5.13. The minimum Gasteiger partial charge on any atom is -0.356 e. The summed E-state index contributed by atoms with van der Waals surface area (Å²) in [7, 11) is -2.78. The van der Waals surface area contributed by atoms with E-state index in [9.17, 15) is 8.42 Å². The number of guanidine groups is 1. The van der Waals surface area contributed by atoms with Crippen molar-refractivity contribution in [1.29, 1.82) is 0 Å². The first-order valence-corrected chi connectivity index (χ1v) is 8.66. The highest BCUT2D eigenvalue weighted by Gasteiger charge is 2.28. The normalized spacial score (nSPS) is 27.2. The van der Waals surface area contributed by atoms with E-state index in [1.54, 1.807) is 0 Å².